The summed E-state index contributed by atoms with van der Waals surface area (Å²) in [6.07, 6.45) is 1.84. The molecule has 1 unspecified atom stereocenters. The van der Waals surface area contributed by atoms with Crippen molar-refractivity contribution in [2.24, 2.45) is 0 Å². The minimum absolute atomic E-state index is 0.0596. The van der Waals surface area contributed by atoms with Crippen molar-refractivity contribution in [3.05, 3.63) is 58.9 Å². The van der Waals surface area contributed by atoms with Crippen molar-refractivity contribution in [1.29, 1.82) is 0 Å². The SMILES string of the molecule is CCCCn1c(SC(C)C(=O)Nc2ccc(OCC)cc2)nc2ccccc2c1=O. The van der Waals surface area contributed by atoms with Crippen LogP contribution in [-0.2, 0) is 11.3 Å². The quantitative estimate of drug-likeness (QED) is 0.397. The molecule has 0 saturated heterocycles. The van der Waals surface area contributed by atoms with Crippen LogP contribution < -0.4 is 15.6 Å². The van der Waals surface area contributed by atoms with Gasteiger partial charge in [0.05, 0.1) is 22.8 Å². The highest BCUT2D eigenvalue weighted by atomic mass is 32.2. The van der Waals surface area contributed by atoms with Crippen molar-refractivity contribution in [3.8, 4) is 5.75 Å². The number of thioether (sulfide) groups is 1. The van der Waals surface area contributed by atoms with Crippen molar-refractivity contribution in [2.75, 3.05) is 11.9 Å². The minimum Gasteiger partial charge on any atom is -0.494 e. The van der Waals surface area contributed by atoms with Crippen LogP contribution in [-0.4, -0.2) is 27.3 Å². The zero-order chi connectivity index (χ0) is 21.5. The van der Waals surface area contributed by atoms with Crippen LogP contribution in [0.4, 0.5) is 5.69 Å². The van der Waals surface area contributed by atoms with E-state index in [0.29, 0.717) is 34.9 Å². The molecular weight excluding hydrogens is 398 g/mol. The van der Waals surface area contributed by atoms with E-state index < -0.39 is 5.25 Å². The molecule has 0 fully saturated rings. The van der Waals surface area contributed by atoms with E-state index in [1.807, 2.05) is 56.3 Å². The third-order valence-electron chi connectivity index (χ3n) is 4.65. The number of benzene rings is 2. The fourth-order valence-corrected chi connectivity index (χ4v) is 3.94. The second kappa shape index (κ2) is 10.3. The van der Waals surface area contributed by atoms with Gasteiger partial charge in [-0.25, -0.2) is 4.98 Å². The molecule has 1 heterocycles. The number of fused-ring (bicyclic) bond motifs is 1. The Morgan fingerprint density at radius 1 is 1.17 bits per heavy atom. The maximum atomic E-state index is 13.0. The summed E-state index contributed by atoms with van der Waals surface area (Å²) >= 11 is 1.30. The van der Waals surface area contributed by atoms with Crippen LogP contribution in [0, 0.1) is 0 Å². The molecule has 3 aromatic rings. The van der Waals surface area contributed by atoms with Gasteiger partial charge in [-0.15, -0.1) is 0 Å². The van der Waals surface area contributed by atoms with E-state index >= 15 is 0 Å². The molecular formula is C23H27N3O3S. The van der Waals surface area contributed by atoms with E-state index in [9.17, 15) is 9.59 Å². The number of rotatable bonds is 9. The lowest BCUT2D eigenvalue weighted by Crippen LogP contribution is -2.27. The highest BCUT2D eigenvalue weighted by Crippen LogP contribution is 2.24. The van der Waals surface area contributed by atoms with E-state index in [1.54, 1.807) is 10.6 Å². The molecule has 0 radical (unpaired) electrons. The third kappa shape index (κ3) is 5.21. The summed E-state index contributed by atoms with van der Waals surface area (Å²) in [5, 5.41) is 3.67. The second-order valence-electron chi connectivity index (χ2n) is 6.93. The van der Waals surface area contributed by atoms with Crippen LogP contribution in [0.5, 0.6) is 5.75 Å². The van der Waals surface area contributed by atoms with Gasteiger partial charge >= 0.3 is 0 Å². The van der Waals surface area contributed by atoms with Gasteiger partial charge in [-0.3, -0.25) is 14.2 Å². The Bertz CT molecular complexity index is 1060. The van der Waals surface area contributed by atoms with E-state index in [4.69, 9.17) is 4.74 Å². The Hall–Kier alpha value is -2.80. The molecule has 30 heavy (non-hydrogen) atoms. The van der Waals surface area contributed by atoms with Gasteiger partial charge in [0.2, 0.25) is 5.91 Å². The number of para-hydroxylation sites is 1. The third-order valence-corrected chi connectivity index (χ3v) is 5.74. The molecule has 0 spiro atoms. The average Bonchev–Trinajstić information content (AvgIpc) is 2.75. The van der Waals surface area contributed by atoms with E-state index in [1.165, 1.54) is 11.8 Å². The number of carbonyl (C=O) groups excluding carboxylic acids is 1. The number of nitrogens with one attached hydrogen (secondary N) is 1. The van der Waals surface area contributed by atoms with E-state index in [0.717, 1.165) is 18.6 Å². The first kappa shape index (κ1) is 21.9. The van der Waals surface area contributed by atoms with E-state index in [2.05, 4.69) is 17.2 Å². The standard InChI is InChI=1S/C23H27N3O3S/c1-4-6-15-26-22(28)19-9-7-8-10-20(19)25-23(26)30-16(3)21(27)24-17-11-13-18(14-12-17)29-5-2/h7-14,16H,4-6,15H2,1-3H3,(H,24,27). The Labute approximate surface area is 180 Å². The van der Waals surface area contributed by atoms with Crippen LogP contribution in [0.25, 0.3) is 10.9 Å². The molecule has 2 aromatic carbocycles. The molecule has 0 aliphatic heterocycles. The van der Waals surface area contributed by atoms with Crippen LogP contribution >= 0.6 is 11.8 Å². The van der Waals surface area contributed by atoms with Gasteiger partial charge in [0.25, 0.3) is 5.56 Å². The Balaban J connectivity index is 1.79. The Kier molecular flexibility index (Phi) is 7.52. The predicted octanol–water partition coefficient (Wildman–Crippen LogP) is 4.71. The number of ether oxygens (including phenoxy) is 1. The van der Waals surface area contributed by atoms with Crippen LogP contribution in [0.2, 0.25) is 0 Å². The first-order valence-corrected chi connectivity index (χ1v) is 11.1. The molecule has 0 aliphatic carbocycles. The van der Waals surface area contributed by atoms with Crippen molar-refractivity contribution >= 4 is 34.3 Å². The molecule has 1 aromatic heterocycles. The summed E-state index contributed by atoms with van der Waals surface area (Å²) in [6.45, 7) is 7.01. The van der Waals surface area contributed by atoms with Crippen molar-refractivity contribution in [1.82, 2.24) is 9.55 Å². The first-order valence-electron chi connectivity index (χ1n) is 10.2. The molecule has 6 nitrogen and oxygen atoms in total. The van der Waals surface area contributed by atoms with Crippen molar-refractivity contribution in [3.63, 3.8) is 0 Å². The molecule has 7 heteroatoms. The number of nitrogens with zero attached hydrogens (tertiary/aromatic N) is 2. The zero-order valence-corrected chi connectivity index (χ0v) is 18.4. The van der Waals surface area contributed by atoms with Gasteiger partial charge in [0, 0.05) is 12.2 Å². The van der Waals surface area contributed by atoms with Gasteiger partial charge in [-0.2, -0.15) is 0 Å². The number of anilines is 1. The monoisotopic (exact) mass is 425 g/mol. The summed E-state index contributed by atoms with van der Waals surface area (Å²) in [5.74, 6) is 0.617. The average molecular weight is 426 g/mol. The van der Waals surface area contributed by atoms with E-state index in [-0.39, 0.29) is 11.5 Å². The maximum absolute atomic E-state index is 13.0. The number of amides is 1. The molecule has 0 saturated carbocycles. The number of unbranched alkanes of at least 4 members (excludes halogenated alkanes) is 1. The van der Waals surface area contributed by atoms with Gasteiger partial charge in [0.1, 0.15) is 5.75 Å². The molecule has 1 N–H and O–H groups in total. The maximum Gasteiger partial charge on any atom is 0.262 e. The molecule has 0 aliphatic rings. The second-order valence-corrected chi connectivity index (χ2v) is 8.24. The Morgan fingerprint density at radius 2 is 1.90 bits per heavy atom. The number of carbonyl (C=O) groups is 1. The highest BCUT2D eigenvalue weighted by molar-refractivity contribution is 8.00. The smallest absolute Gasteiger partial charge is 0.262 e. The largest absolute Gasteiger partial charge is 0.494 e. The zero-order valence-electron chi connectivity index (χ0n) is 17.6. The summed E-state index contributed by atoms with van der Waals surface area (Å²) in [5.41, 5.74) is 1.29. The molecule has 158 valence electrons. The van der Waals surface area contributed by atoms with Crippen LogP contribution in [0.1, 0.15) is 33.6 Å². The van der Waals surface area contributed by atoms with Gasteiger partial charge in [-0.05, 0) is 56.7 Å². The van der Waals surface area contributed by atoms with Crippen LogP contribution in [0.3, 0.4) is 0 Å². The molecule has 1 atom stereocenters. The van der Waals surface area contributed by atoms with Gasteiger partial charge < -0.3 is 10.1 Å². The normalized spacial score (nSPS) is 12.0. The molecule has 3 rings (SSSR count). The lowest BCUT2D eigenvalue weighted by Gasteiger charge is -2.16. The number of hydrogen-bond donors (Lipinski definition) is 1. The lowest BCUT2D eigenvalue weighted by molar-refractivity contribution is -0.115. The van der Waals surface area contributed by atoms with Crippen molar-refractivity contribution in [2.45, 2.75) is 50.6 Å². The fraction of sp³-hybridized carbons (Fsp3) is 0.348. The summed E-state index contributed by atoms with van der Waals surface area (Å²) in [7, 11) is 0. The van der Waals surface area contributed by atoms with Crippen molar-refractivity contribution < 1.29 is 9.53 Å². The van der Waals surface area contributed by atoms with Crippen LogP contribution in [0.15, 0.2) is 58.5 Å². The number of aromatic nitrogens is 2. The summed E-state index contributed by atoms with van der Waals surface area (Å²) < 4.78 is 7.12. The van der Waals surface area contributed by atoms with Gasteiger partial charge in [0.15, 0.2) is 5.16 Å². The summed E-state index contributed by atoms with van der Waals surface area (Å²) in [6, 6.07) is 14.6. The van der Waals surface area contributed by atoms with Gasteiger partial charge in [-0.1, -0.05) is 37.2 Å². The lowest BCUT2D eigenvalue weighted by atomic mass is 10.2. The first-order chi connectivity index (χ1) is 14.5. The fourth-order valence-electron chi connectivity index (χ4n) is 3.01. The molecule has 1 amide bonds. The summed E-state index contributed by atoms with van der Waals surface area (Å²) in [4.78, 5) is 30.4. The number of hydrogen-bond acceptors (Lipinski definition) is 5. The predicted molar refractivity (Wildman–Crippen MR) is 122 cm³/mol. The Morgan fingerprint density at radius 3 is 2.60 bits per heavy atom. The highest BCUT2D eigenvalue weighted by Gasteiger charge is 2.19. The topological polar surface area (TPSA) is 73.2 Å². The molecule has 0 bridgehead atoms. The minimum atomic E-state index is -0.419.